The lowest BCUT2D eigenvalue weighted by molar-refractivity contribution is 0.0733. The van der Waals surface area contributed by atoms with Gasteiger partial charge in [-0.05, 0) is 41.5 Å². The zero-order chi connectivity index (χ0) is 25.8. The van der Waals surface area contributed by atoms with Crippen LogP contribution in [0.2, 0.25) is 5.02 Å². The van der Waals surface area contributed by atoms with Gasteiger partial charge >= 0.3 is 0 Å². The molecule has 1 heterocycles. The van der Waals surface area contributed by atoms with E-state index in [9.17, 15) is 5.11 Å². The van der Waals surface area contributed by atoms with Crippen LogP contribution in [0.3, 0.4) is 0 Å². The lowest BCUT2D eigenvalue weighted by Crippen LogP contribution is -2.33. The molecule has 1 aromatic heterocycles. The van der Waals surface area contributed by atoms with Crippen molar-refractivity contribution in [1.82, 2.24) is 9.97 Å². The Labute approximate surface area is 222 Å². The SMILES string of the molecule is CN(CCC(O)(c1ccccc1)c1ccccc1)c1nc(N(C)c2cccc(Cl)c2)c2ccccc2n1. The maximum absolute atomic E-state index is 12.0. The molecule has 1 N–H and O–H groups in total. The molecular formula is C31H29ClN4O. The van der Waals surface area contributed by atoms with Crippen LogP contribution in [0.15, 0.2) is 109 Å². The zero-order valence-electron chi connectivity index (χ0n) is 20.9. The summed E-state index contributed by atoms with van der Waals surface area (Å²) in [5.41, 5.74) is 2.36. The van der Waals surface area contributed by atoms with E-state index < -0.39 is 5.60 Å². The normalized spacial score (nSPS) is 11.5. The maximum atomic E-state index is 12.0. The highest BCUT2D eigenvalue weighted by molar-refractivity contribution is 6.30. The summed E-state index contributed by atoms with van der Waals surface area (Å²) in [6, 6.07) is 35.3. The van der Waals surface area contributed by atoms with Crippen LogP contribution in [0.1, 0.15) is 17.5 Å². The van der Waals surface area contributed by atoms with Gasteiger partial charge in [-0.2, -0.15) is 4.98 Å². The van der Waals surface area contributed by atoms with Crippen molar-refractivity contribution < 1.29 is 5.11 Å². The van der Waals surface area contributed by atoms with E-state index in [-0.39, 0.29) is 0 Å². The molecular weight excluding hydrogens is 480 g/mol. The third-order valence-electron chi connectivity index (χ3n) is 6.74. The number of halogens is 1. The number of anilines is 3. The van der Waals surface area contributed by atoms with Gasteiger partial charge in [0, 0.05) is 43.2 Å². The number of hydrogen-bond acceptors (Lipinski definition) is 5. The van der Waals surface area contributed by atoms with Crippen LogP contribution in [-0.4, -0.2) is 35.7 Å². The Morgan fingerprint density at radius 3 is 2.03 bits per heavy atom. The molecule has 37 heavy (non-hydrogen) atoms. The predicted octanol–water partition coefficient (Wildman–Crippen LogP) is 6.81. The van der Waals surface area contributed by atoms with Gasteiger partial charge in [0.15, 0.2) is 0 Å². The van der Waals surface area contributed by atoms with E-state index in [4.69, 9.17) is 21.6 Å². The van der Waals surface area contributed by atoms with Gasteiger partial charge in [-0.3, -0.25) is 0 Å². The summed E-state index contributed by atoms with van der Waals surface area (Å²) in [7, 11) is 3.94. The van der Waals surface area contributed by atoms with E-state index in [1.165, 1.54) is 0 Å². The first-order valence-corrected chi connectivity index (χ1v) is 12.6. The molecule has 0 saturated carbocycles. The van der Waals surface area contributed by atoms with Gasteiger partial charge in [-0.25, -0.2) is 4.98 Å². The molecule has 6 heteroatoms. The number of nitrogens with zero attached hydrogens (tertiary/aromatic N) is 4. The summed E-state index contributed by atoms with van der Waals surface area (Å²) in [4.78, 5) is 13.8. The third-order valence-corrected chi connectivity index (χ3v) is 6.97. The molecule has 0 radical (unpaired) electrons. The van der Waals surface area contributed by atoms with Gasteiger partial charge in [-0.15, -0.1) is 0 Å². The second-order valence-electron chi connectivity index (χ2n) is 9.17. The number of benzene rings is 4. The van der Waals surface area contributed by atoms with Crippen molar-refractivity contribution in [2.75, 3.05) is 30.4 Å². The number of fused-ring (bicyclic) bond motifs is 1. The lowest BCUT2D eigenvalue weighted by Gasteiger charge is -2.32. The van der Waals surface area contributed by atoms with E-state index in [0.717, 1.165) is 33.5 Å². The number of aliphatic hydroxyl groups is 1. The minimum Gasteiger partial charge on any atom is -0.380 e. The smallest absolute Gasteiger partial charge is 0.227 e. The van der Waals surface area contributed by atoms with Gasteiger partial charge in [0.25, 0.3) is 0 Å². The number of hydrogen-bond donors (Lipinski definition) is 1. The fraction of sp³-hybridized carbons (Fsp3) is 0.161. The third kappa shape index (κ3) is 5.15. The Balaban J connectivity index is 1.49. The van der Waals surface area contributed by atoms with Gasteiger partial charge in [0.2, 0.25) is 5.95 Å². The summed E-state index contributed by atoms with van der Waals surface area (Å²) in [5, 5.41) is 13.6. The highest BCUT2D eigenvalue weighted by atomic mass is 35.5. The topological polar surface area (TPSA) is 52.5 Å². The molecule has 5 nitrogen and oxygen atoms in total. The van der Waals surface area contributed by atoms with E-state index in [1.807, 2.05) is 133 Å². The van der Waals surface area contributed by atoms with Crippen LogP contribution >= 0.6 is 11.6 Å². The Kier molecular flexibility index (Phi) is 7.08. The van der Waals surface area contributed by atoms with Crippen LogP contribution in [0.25, 0.3) is 10.9 Å². The first-order chi connectivity index (χ1) is 18.0. The molecule has 4 aromatic carbocycles. The molecule has 0 aliphatic carbocycles. The highest BCUT2D eigenvalue weighted by Crippen LogP contribution is 2.35. The molecule has 5 aromatic rings. The maximum Gasteiger partial charge on any atom is 0.227 e. The largest absolute Gasteiger partial charge is 0.380 e. The van der Waals surface area contributed by atoms with Crippen molar-refractivity contribution in [2.45, 2.75) is 12.0 Å². The average molecular weight is 509 g/mol. The molecule has 0 aliphatic rings. The van der Waals surface area contributed by atoms with Crippen molar-refractivity contribution in [3.8, 4) is 0 Å². The standard InChI is InChI=1S/C31H29ClN4O/c1-35(21-20-31(37,23-12-5-3-6-13-23)24-14-7-4-8-15-24)30-33-28-19-10-9-18-27(28)29(34-30)36(2)26-17-11-16-25(32)22-26/h3-19,22,37H,20-21H2,1-2H3. The molecule has 0 bridgehead atoms. The fourth-order valence-electron chi connectivity index (χ4n) is 4.59. The molecule has 0 amide bonds. The first kappa shape index (κ1) is 24.8. The minimum atomic E-state index is -1.14. The summed E-state index contributed by atoms with van der Waals surface area (Å²) < 4.78 is 0. The van der Waals surface area contributed by atoms with Crippen LogP contribution in [-0.2, 0) is 5.60 Å². The van der Waals surface area contributed by atoms with Crippen molar-refractivity contribution in [2.24, 2.45) is 0 Å². The molecule has 186 valence electrons. The second-order valence-corrected chi connectivity index (χ2v) is 9.60. The van der Waals surface area contributed by atoms with E-state index in [1.54, 1.807) is 0 Å². The molecule has 0 atom stereocenters. The van der Waals surface area contributed by atoms with Crippen LogP contribution in [0, 0.1) is 0 Å². The Morgan fingerprint density at radius 2 is 1.38 bits per heavy atom. The molecule has 0 fully saturated rings. The van der Waals surface area contributed by atoms with Crippen LogP contribution in [0.5, 0.6) is 0 Å². The molecule has 0 aliphatic heterocycles. The van der Waals surface area contributed by atoms with Crippen molar-refractivity contribution >= 4 is 40.0 Å². The minimum absolute atomic E-state index is 0.465. The number of aromatic nitrogens is 2. The molecule has 0 unspecified atom stereocenters. The Bertz CT molecular complexity index is 1450. The second kappa shape index (κ2) is 10.6. The molecule has 0 saturated heterocycles. The summed E-state index contributed by atoms with van der Waals surface area (Å²) in [5.74, 6) is 1.38. The molecule has 0 spiro atoms. The van der Waals surface area contributed by atoms with E-state index in [2.05, 4.69) is 0 Å². The average Bonchev–Trinajstić information content (AvgIpc) is 2.95. The van der Waals surface area contributed by atoms with Crippen molar-refractivity contribution in [1.29, 1.82) is 0 Å². The molecule has 5 rings (SSSR count). The quantitative estimate of drug-likeness (QED) is 0.249. The first-order valence-electron chi connectivity index (χ1n) is 12.3. The number of para-hydroxylation sites is 1. The summed E-state index contributed by atoms with van der Waals surface area (Å²) in [6.45, 7) is 0.541. The highest BCUT2D eigenvalue weighted by Gasteiger charge is 2.31. The fourth-order valence-corrected chi connectivity index (χ4v) is 4.78. The lowest BCUT2D eigenvalue weighted by atomic mass is 9.83. The van der Waals surface area contributed by atoms with Gasteiger partial charge in [0.1, 0.15) is 11.4 Å². The van der Waals surface area contributed by atoms with Crippen molar-refractivity contribution in [3.05, 3.63) is 125 Å². The number of rotatable bonds is 8. The van der Waals surface area contributed by atoms with E-state index >= 15 is 0 Å². The van der Waals surface area contributed by atoms with E-state index in [0.29, 0.717) is 23.9 Å². The zero-order valence-corrected chi connectivity index (χ0v) is 21.7. The Hall–Kier alpha value is -3.93. The van der Waals surface area contributed by atoms with Gasteiger partial charge < -0.3 is 14.9 Å². The van der Waals surface area contributed by atoms with Crippen LogP contribution < -0.4 is 9.80 Å². The summed E-state index contributed by atoms with van der Waals surface area (Å²) in [6.07, 6.45) is 0.465. The van der Waals surface area contributed by atoms with Crippen molar-refractivity contribution in [3.63, 3.8) is 0 Å². The van der Waals surface area contributed by atoms with Crippen LogP contribution in [0.4, 0.5) is 17.5 Å². The van der Waals surface area contributed by atoms with Gasteiger partial charge in [0.05, 0.1) is 5.52 Å². The van der Waals surface area contributed by atoms with Gasteiger partial charge in [-0.1, -0.05) is 90.5 Å². The Morgan fingerprint density at radius 1 is 0.757 bits per heavy atom. The summed E-state index contributed by atoms with van der Waals surface area (Å²) >= 11 is 6.27. The predicted molar refractivity (Wildman–Crippen MR) is 153 cm³/mol. The monoisotopic (exact) mass is 508 g/mol.